The Morgan fingerprint density at radius 1 is 1.32 bits per heavy atom. The predicted molar refractivity (Wildman–Crippen MR) is 75.9 cm³/mol. The molecule has 0 bridgehead atoms. The minimum Gasteiger partial charge on any atom is -0.490 e. The first-order chi connectivity index (χ1) is 8.95. The smallest absolute Gasteiger partial charge is 0.123 e. The number of hydrogen-bond acceptors (Lipinski definition) is 3. The van der Waals surface area contributed by atoms with Gasteiger partial charge in [0, 0.05) is 18.4 Å². The molecule has 4 heteroatoms. The summed E-state index contributed by atoms with van der Waals surface area (Å²) in [6.07, 6.45) is 2.51. The van der Waals surface area contributed by atoms with Gasteiger partial charge >= 0.3 is 0 Å². The number of nitrogens with two attached hydrogens (primary N) is 1. The topological polar surface area (TPSA) is 68.3 Å². The molecule has 19 heavy (non-hydrogen) atoms. The zero-order valence-electron chi connectivity index (χ0n) is 11.8. The van der Waals surface area contributed by atoms with Gasteiger partial charge in [0.15, 0.2) is 0 Å². The number of amidine groups is 1. The number of ether oxygens (including phenoxy) is 2. The lowest BCUT2D eigenvalue weighted by Crippen LogP contribution is -2.35. The Morgan fingerprint density at radius 3 is 2.47 bits per heavy atom. The number of hydrogen-bond donors (Lipinski definition) is 2. The first kappa shape index (κ1) is 13.9. The molecule has 1 heterocycles. The molecule has 2 atom stereocenters. The monoisotopic (exact) mass is 262 g/mol. The number of rotatable bonds is 3. The highest BCUT2D eigenvalue weighted by Gasteiger charge is 2.25. The van der Waals surface area contributed by atoms with E-state index in [4.69, 9.17) is 20.6 Å². The van der Waals surface area contributed by atoms with Gasteiger partial charge in [-0.25, -0.2) is 0 Å². The van der Waals surface area contributed by atoms with Gasteiger partial charge in [-0.3, -0.25) is 5.41 Å². The highest BCUT2D eigenvalue weighted by molar-refractivity contribution is 5.96. The minimum absolute atomic E-state index is 0.0948. The van der Waals surface area contributed by atoms with Gasteiger partial charge in [-0.15, -0.1) is 0 Å². The molecular formula is C15H22N2O2. The Hall–Kier alpha value is -1.55. The molecule has 0 saturated carbocycles. The summed E-state index contributed by atoms with van der Waals surface area (Å²) in [4.78, 5) is 0. The highest BCUT2D eigenvalue weighted by Crippen LogP contribution is 2.25. The molecule has 1 aliphatic rings. The molecule has 1 fully saturated rings. The van der Waals surface area contributed by atoms with E-state index in [1.807, 2.05) is 25.1 Å². The summed E-state index contributed by atoms with van der Waals surface area (Å²) < 4.78 is 11.7. The van der Waals surface area contributed by atoms with Crippen molar-refractivity contribution < 1.29 is 9.47 Å². The average molecular weight is 262 g/mol. The molecule has 0 aliphatic carbocycles. The number of aryl methyl sites for hydroxylation is 1. The van der Waals surface area contributed by atoms with Gasteiger partial charge in [0.25, 0.3) is 0 Å². The summed E-state index contributed by atoms with van der Waals surface area (Å²) in [6, 6.07) is 5.68. The summed E-state index contributed by atoms with van der Waals surface area (Å²) in [7, 11) is 0. The lowest BCUT2D eigenvalue weighted by Gasteiger charge is -2.32. The van der Waals surface area contributed by atoms with Crippen LogP contribution in [0.4, 0.5) is 0 Å². The molecule has 1 saturated heterocycles. The minimum atomic E-state index is 0.0948. The average Bonchev–Trinajstić information content (AvgIpc) is 2.26. The van der Waals surface area contributed by atoms with Gasteiger partial charge in [-0.1, -0.05) is 0 Å². The maximum atomic E-state index is 7.47. The van der Waals surface area contributed by atoms with Crippen molar-refractivity contribution in [3.63, 3.8) is 0 Å². The van der Waals surface area contributed by atoms with Crippen LogP contribution in [0.1, 0.15) is 37.8 Å². The van der Waals surface area contributed by atoms with Crippen LogP contribution in [0.2, 0.25) is 0 Å². The van der Waals surface area contributed by atoms with E-state index in [1.165, 1.54) is 0 Å². The van der Waals surface area contributed by atoms with Crippen LogP contribution in [-0.2, 0) is 4.74 Å². The van der Waals surface area contributed by atoms with Crippen LogP contribution >= 0.6 is 0 Å². The zero-order valence-corrected chi connectivity index (χ0v) is 11.8. The van der Waals surface area contributed by atoms with E-state index in [-0.39, 0.29) is 24.1 Å². The van der Waals surface area contributed by atoms with Crippen molar-refractivity contribution in [1.82, 2.24) is 0 Å². The lowest BCUT2D eigenvalue weighted by molar-refractivity contribution is -0.0721. The number of benzene rings is 1. The summed E-state index contributed by atoms with van der Waals surface area (Å²) in [5.41, 5.74) is 7.25. The molecule has 2 unspecified atom stereocenters. The molecular weight excluding hydrogens is 240 g/mol. The fourth-order valence-electron chi connectivity index (χ4n) is 2.64. The number of nitrogens with one attached hydrogen (secondary N) is 1. The Bertz CT molecular complexity index is 463. The molecule has 1 aromatic carbocycles. The Labute approximate surface area is 114 Å². The van der Waals surface area contributed by atoms with Crippen LogP contribution < -0.4 is 10.5 Å². The first-order valence-corrected chi connectivity index (χ1v) is 6.73. The van der Waals surface area contributed by atoms with E-state index in [0.717, 1.165) is 29.7 Å². The van der Waals surface area contributed by atoms with E-state index in [1.54, 1.807) is 0 Å². The van der Waals surface area contributed by atoms with E-state index in [2.05, 4.69) is 13.8 Å². The second kappa shape index (κ2) is 5.61. The van der Waals surface area contributed by atoms with Crippen LogP contribution in [0.5, 0.6) is 5.75 Å². The van der Waals surface area contributed by atoms with E-state index < -0.39 is 0 Å². The largest absolute Gasteiger partial charge is 0.490 e. The molecule has 3 N–H and O–H groups in total. The molecule has 4 nitrogen and oxygen atoms in total. The molecule has 2 rings (SSSR count). The first-order valence-electron chi connectivity index (χ1n) is 6.73. The Balaban J connectivity index is 2.07. The van der Waals surface area contributed by atoms with Gasteiger partial charge in [0.2, 0.25) is 0 Å². The molecule has 104 valence electrons. The van der Waals surface area contributed by atoms with Crippen molar-refractivity contribution in [3.05, 3.63) is 29.3 Å². The van der Waals surface area contributed by atoms with Crippen LogP contribution in [0, 0.1) is 12.3 Å². The van der Waals surface area contributed by atoms with E-state index >= 15 is 0 Å². The lowest BCUT2D eigenvalue weighted by atomic mass is 10.0. The molecule has 0 aromatic heterocycles. The SMILES string of the molecule is Cc1cc(OC2CC(C)OC(C)C2)ccc1C(=N)N. The summed E-state index contributed by atoms with van der Waals surface area (Å²) in [5, 5.41) is 7.47. The van der Waals surface area contributed by atoms with Crippen LogP contribution in [-0.4, -0.2) is 24.1 Å². The summed E-state index contributed by atoms with van der Waals surface area (Å²) >= 11 is 0. The third-order valence-corrected chi connectivity index (χ3v) is 3.45. The van der Waals surface area contributed by atoms with Crippen molar-refractivity contribution in [3.8, 4) is 5.75 Å². The maximum Gasteiger partial charge on any atom is 0.123 e. The van der Waals surface area contributed by atoms with Crippen molar-refractivity contribution in [2.24, 2.45) is 5.73 Å². The van der Waals surface area contributed by atoms with Gasteiger partial charge in [-0.2, -0.15) is 0 Å². The second-order valence-corrected chi connectivity index (χ2v) is 5.36. The Morgan fingerprint density at radius 2 is 1.95 bits per heavy atom. The quantitative estimate of drug-likeness (QED) is 0.650. The van der Waals surface area contributed by atoms with Crippen LogP contribution in [0.3, 0.4) is 0 Å². The standard InChI is InChI=1S/C15H22N2O2/c1-9-6-12(4-5-14(9)15(16)17)19-13-7-10(2)18-11(3)8-13/h4-6,10-11,13H,7-8H2,1-3H3,(H3,16,17). The zero-order chi connectivity index (χ0) is 14.0. The molecule has 0 amide bonds. The number of nitrogen functional groups attached to an aromatic ring is 1. The van der Waals surface area contributed by atoms with Gasteiger partial charge in [0.05, 0.1) is 12.2 Å². The third kappa shape index (κ3) is 3.47. The summed E-state index contributed by atoms with van der Waals surface area (Å²) in [5.74, 6) is 0.936. The van der Waals surface area contributed by atoms with E-state index in [9.17, 15) is 0 Å². The van der Waals surface area contributed by atoms with Crippen molar-refractivity contribution >= 4 is 5.84 Å². The third-order valence-electron chi connectivity index (χ3n) is 3.45. The molecule has 0 spiro atoms. The van der Waals surface area contributed by atoms with E-state index in [0.29, 0.717) is 0 Å². The van der Waals surface area contributed by atoms with Crippen molar-refractivity contribution in [2.45, 2.75) is 51.9 Å². The fraction of sp³-hybridized carbons (Fsp3) is 0.533. The predicted octanol–water partition coefficient (Wildman–Crippen LogP) is 2.61. The molecule has 0 radical (unpaired) electrons. The second-order valence-electron chi connectivity index (χ2n) is 5.36. The van der Waals surface area contributed by atoms with Crippen LogP contribution in [0.25, 0.3) is 0 Å². The Kier molecular flexibility index (Phi) is 4.10. The fourth-order valence-corrected chi connectivity index (χ4v) is 2.64. The normalized spacial score (nSPS) is 27.0. The van der Waals surface area contributed by atoms with Gasteiger partial charge in [-0.05, 0) is 44.5 Å². The van der Waals surface area contributed by atoms with Crippen molar-refractivity contribution in [2.75, 3.05) is 0 Å². The van der Waals surface area contributed by atoms with Gasteiger partial charge < -0.3 is 15.2 Å². The highest BCUT2D eigenvalue weighted by atomic mass is 16.5. The summed E-state index contributed by atoms with van der Waals surface area (Å²) in [6.45, 7) is 6.10. The molecule has 1 aromatic rings. The van der Waals surface area contributed by atoms with Gasteiger partial charge in [0.1, 0.15) is 17.7 Å². The van der Waals surface area contributed by atoms with Crippen LogP contribution in [0.15, 0.2) is 18.2 Å². The maximum absolute atomic E-state index is 7.47. The molecule has 1 aliphatic heterocycles. The van der Waals surface area contributed by atoms with Crippen molar-refractivity contribution in [1.29, 1.82) is 5.41 Å².